The topological polar surface area (TPSA) is 128 Å². The Morgan fingerprint density at radius 1 is 1.00 bits per heavy atom. The van der Waals surface area contributed by atoms with E-state index in [0.717, 1.165) is 10.4 Å². The highest BCUT2D eigenvalue weighted by Gasteiger charge is 2.30. The van der Waals surface area contributed by atoms with Gasteiger partial charge in [-0.2, -0.15) is 0 Å². The first-order valence-electron chi connectivity index (χ1n) is 11.5. The number of carbonyl (C=O) groups excluding carboxylic acids is 3. The first-order chi connectivity index (χ1) is 17.4. The zero-order valence-corrected chi connectivity index (χ0v) is 22.1. The highest BCUT2D eigenvalue weighted by molar-refractivity contribution is 7.13. The second kappa shape index (κ2) is 11.3. The Bertz CT molecular complexity index is 1300. The van der Waals surface area contributed by atoms with Gasteiger partial charge >= 0.3 is 6.09 Å². The van der Waals surface area contributed by atoms with E-state index in [2.05, 4.69) is 16.0 Å². The smallest absolute Gasteiger partial charge is 0.412 e. The number of nitrogens with one attached hydrogen (secondary N) is 3. The van der Waals surface area contributed by atoms with Crippen LogP contribution in [0.25, 0.3) is 10.4 Å². The van der Waals surface area contributed by atoms with Crippen LogP contribution >= 0.6 is 11.3 Å². The predicted molar refractivity (Wildman–Crippen MR) is 145 cm³/mol. The highest BCUT2D eigenvalue weighted by atomic mass is 32.1. The molecule has 0 fully saturated rings. The Morgan fingerprint density at radius 2 is 1.68 bits per heavy atom. The molecule has 0 saturated heterocycles. The first-order valence-corrected chi connectivity index (χ1v) is 12.4. The highest BCUT2D eigenvalue weighted by Crippen LogP contribution is 2.36. The second-order valence-corrected chi connectivity index (χ2v) is 10.3. The van der Waals surface area contributed by atoms with Gasteiger partial charge in [-0.25, -0.2) is 4.79 Å². The lowest BCUT2D eigenvalue weighted by molar-refractivity contribution is -0.127. The number of anilines is 2. The number of carboxylic acid groups (broad SMARTS) is 1. The molecule has 0 aliphatic rings. The molecule has 9 nitrogen and oxygen atoms in total. The zero-order chi connectivity index (χ0) is 27.3. The number of nitrogens with zero attached hydrogens (tertiary/aromatic N) is 1. The molecule has 1 unspecified atom stereocenters. The Hall–Kier alpha value is -4.18. The van der Waals surface area contributed by atoms with Crippen molar-refractivity contribution in [1.82, 2.24) is 10.6 Å². The SMILES string of the molecule is CNC(=O)C(NC(C)=O)c1ccc(C(=O)Nc2cc(-c3cccs3)ccc2N(C(=O)O)C(C)(C)C)cc1. The van der Waals surface area contributed by atoms with Gasteiger partial charge in [0.2, 0.25) is 11.8 Å². The third-order valence-electron chi connectivity index (χ3n) is 5.52. The fourth-order valence-corrected chi connectivity index (χ4v) is 4.57. The van der Waals surface area contributed by atoms with Gasteiger partial charge in [0, 0.05) is 30.0 Å². The Kier molecular flexibility index (Phi) is 8.34. The Labute approximate surface area is 219 Å². The molecule has 1 heterocycles. The lowest BCUT2D eigenvalue weighted by Crippen LogP contribution is -2.45. The molecule has 4 amide bonds. The summed E-state index contributed by atoms with van der Waals surface area (Å²) in [6, 6.07) is 14.5. The number of thiophene rings is 1. The van der Waals surface area contributed by atoms with Gasteiger partial charge in [-0.3, -0.25) is 19.3 Å². The van der Waals surface area contributed by atoms with E-state index in [1.54, 1.807) is 57.2 Å². The lowest BCUT2D eigenvalue weighted by atomic mass is 10.0. The number of hydrogen-bond acceptors (Lipinski definition) is 5. The molecule has 0 aliphatic heterocycles. The molecule has 4 N–H and O–H groups in total. The fourth-order valence-electron chi connectivity index (χ4n) is 3.85. The minimum atomic E-state index is -1.14. The van der Waals surface area contributed by atoms with Crippen LogP contribution in [-0.4, -0.2) is 41.5 Å². The summed E-state index contributed by atoms with van der Waals surface area (Å²) in [6.45, 7) is 6.64. The minimum absolute atomic E-state index is 0.298. The maximum absolute atomic E-state index is 13.2. The van der Waals surface area contributed by atoms with Crippen molar-refractivity contribution in [3.8, 4) is 10.4 Å². The van der Waals surface area contributed by atoms with Crippen molar-refractivity contribution in [1.29, 1.82) is 0 Å². The number of carbonyl (C=O) groups is 4. The third kappa shape index (κ3) is 6.53. The molecule has 0 aliphatic carbocycles. The summed E-state index contributed by atoms with van der Waals surface area (Å²) in [7, 11) is 1.47. The monoisotopic (exact) mass is 522 g/mol. The molecule has 1 aromatic heterocycles. The third-order valence-corrected chi connectivity index (χ3v) is 6.43. The van der Waals surface area contributed by atoms with Gasteiger partial charge in [0.25, 0.3) is 5.91 Å². The standard InChI is InChI=1S/C27H30N4O5S/c1-16(32)29-23(25(34)28-5)17-8-10-18(11-9-17)24(33)30-20-15-19(22-7-6-14-37-22)12-13-21(20)31(26(35)36)27(2,3)4/h6-15,23H,1-5H3,(H,28,34)(H,29,32)(H,30,33)(H,35,36). The zero-order valence-electron chi connectivity index (χ0n) is 21.3. The summed E-state index contributed by atoms with van der Waals surface area (Å²) >= 11 is 1.53. The normalized spacial score (nSPS) is 11.8. The van der Waals surface area contributed by atoms with E-state index in [-0.39, 0.29) is 5.91 Å². The molecule has 3 aromatic rings. The van der Waals surface area contributed by atoms with Crippen molar-refractivity contribution < 1.29 is 24.3 Å². The summed E-state index contributed by atoms with van der Waals surface area (Å²) in [5.41, 5.74) is 1.57. The molecular weight excluding hydrogens is 492 g/mol. The predicted octanol–water partition coefficient (Wildman–Crippen LogP) is 4.87. The number of rotatable bonds is 7. The number of likely N-dealkylation sites (N-methyl/N-ethyl adjacent to an activating group) is 1. The molecule has 0 radical (unpaired) electrons. The van der Waals surface area contributed by atoms with Crippen LogP contribution in [0, 0.1) is 0 Å². The molecule has 10 heteroatoms. The molecule has 37 heavy (non-hydrogen) atoms. The molecule has 0 saturated carbocycles. The van der Waals surface area contributed by atoms with Gasteiger partial charge < -0.3 is 21.1 Å². The molecule has 0 bridgehead atoms. The van der Waals surface area contributed by atoms with E-state index >= 15 is 0 Å². The molecule has 0 spiro atoms. The van der Waals surface area contributed by atoms with Crippen LogP contribution < -0.4 is 20.9 Å². The van der Waals surface area contributed by atoms with Crippen molar-refractivity contribution in [2.24, 2.45) is 0 Å². The average Bonchev–Trinajstić information content (AvgIpc) is 3.37. The molecular formula is C27H30N4O5S. The Morgan fingerprint density at radius 3 is 2.19 bits per heavy atom. The number of hydrogen-bond donors (Lipinski definition) is 4. The van der Waals surface area contributed by atoms with Crippen LogP contribution in [0.5, 0.6) is 0 Å². The summed E-state index contributed by atoms with van der Waals surface area (Å²) < 4.78 is 0. The Balaban J connectivity index is 1.97. The van der Waals surface area contributed by atoms with Crippen LogP contribution in [-0.2, 0) is 9.59 Å². The van der Waals surface area contributed by atoms with Crippen molar-refractivity contribution in [3.05, 3.63) is 71.1 Å². The van der Waals surface area contributed by atoms with Crippen LogP contribution in [0.4, 0.5) is 16.2 Å². The number of benzene rings is 2. The van der Waals surface area contributed by atoms with E-state index < -0.39 is 29.5 Å². The van der Waals surface area contributed by atoms with Crippen molar-refractivity contribution in [2.45, 2.75) is 39.3 Å². The summed E-state index contributed by atoms with van der Waals surface area (Å²) in [4.78, 5) is 51.4. The van der Waals surface area contributed by atoms with Gasteiger partial charge in [-0.05, 0) is 67.6 Å². The van der Waals surface area contributed by atoms with E-state index in [1.165, 1.54) is 30.2 Å². The molecule has 2 aromatic carbocycles. The quantitative estimate of drug-likeness (QED) is 0.352. The largest absolute Gasteiger partial charge is 0.465 e. The summed E-state index contributed by atoms with van der Waals surface area (Å²) in [5.74, 6) is -1.21. The van der Waals surface area contributed by atoms with Crippen molar-refractivity contribution in [3.63, 3.8) is 0 Å². The van der Waals surface area contributed by atoms with E-state index in [0.29, 0.717) is 22.5 Å². The van der Waals surface area contributed by atoms with Gasteiger partial charge in [0.05, 0.1) is 11.4 Å². The molecule has 1 atom stereocenters. The maximum atomic E-state index is 13.2. The van der Waals surface area contributed by atoms with E-state index in [9.17, 15) is 24.3 Å². The van der Waals surface area contributed by atoms with E-state index in [1.807, 2.05) is 23.6 Å². The molecule has 194 valence electrons. The fraction of sp³-hybridized carbons (Fsp3) is 0.259. The van der Waals surface area contributed by atoms with Crippen molar-refractivity contribution >= 4 is 46.5 Å². The second-order valence-electron chi connectivity index (χ2n) is 9.32. The van der Waals surface area contributed by atoms with Crippen LogP contribution in [0.1, 0.15) is 49.7 Å². The van der Waals surface area contributed by atoms with Gasteiger partial charge in [-0.15, -0.1) is 11.3 Å². The summed E-state index contributed by atoms with van der Waals surface area (Å²) in [5, 5.41) is 19.9. The van der Waals surface area contributed by atoms with Gasteiger partial charge in [-0.1, -0.05) is 24.3 Å². The van der Waals surface area contributed by atoms with Crippen LogP contribution in [0.15, 0.2) is 60.0 Å². The van der Waals surface area contributed by atoms with E-state index in [4.69, 9.17) is 0 Å². The lowest BCUT2D eigenvalue weighted by Gasteiger charge is -2.34. The maximum Gasteiger partial charge on any atom is 0.412 e. The van der Waals surface area contributed by atoms with Gasteiger partial charge in [0.1, 0.15) is 6.04 Å². The molecule has 3 rings (SSSR count). The van der Waals surface area contributed by atoms with Crippen molar-refractivity contribution in [2.75, 3.05) is 17.3 Å². The number of amides is 4. The minimum Gasteiger partial charge on any atom is -0.465 e. The summed E-state index contributed by atoms with van der Waals surface area (Å²) in [6.07, 6.45) is -1.14. The van der Waals surface area contributed by atoms with Crippen LogP contribution in [0.3, 0.4) is 0 Å². The van der Waals surface area contributed by atoms with Crippen LogP contribution in [0.2, 0.25) is 0 Å². The van der Waals surface area contributed by atoms with Gasteiger partial charge in [0.15, 0.2) is 0 Å². The first kappa shape index (κ1) is 27.4. The average molecular weight is 523 g/mol.